The molecular weight excluding hydrogens is 276 g/mol. The third kappa shape index (κ3) is 3.80. The summed E-state index contributed by atoms with van der Waals surface area (Å²) in [5.41, 5.74) is 1.01. The van der Waals surface area contributed by atoms with Crippen LogP contribution in [0.2, 0.25) is 0 Å². The van der Waals surface area contributed by atoms with Crippen molar-refractivity contribution in [3.63, 3.8) is 0 Å². The van der Waals surface area contributed by atoms with E-state index in [0.717, 1.165) is 50.9 Å². The Morgan fingerprint density at radius 2 is 1.82 bits per heavy atom. The molecule has 1 aromatic carbocycles. The number of aromatic hydroxyl groups is 1. The summed E-state index contributed by atoms with van der Waals surface area (Å²) in [4.78, 5) is 13.8. The van der Waals surface area contributed by atoms with Crippen molar-refractivity contribution < 1.29 is 14.8 Å². The molecular formula is C18H27N2O2+. The Bertz CT molecular complexity index is 504. The molecule has 0 radical (unpaired) electrons. The number of para-hydroxylation sites is 1. The molecule has 2 aliphatic rings. The van der Waals surface area contributed by atoms with Gasteiger partial charge in [-0.2, -0.15) is 0 Å². The number of quaternary nitrogens is 1. The van der Waals surface area contributed by atoms with Crippen LogP contribution in [0.1, 0.15) is 44.1 Å². The molecule has 120 valence electrons. The van der Waals surface area contributed by atoms with Crippen molar-refractivity contribution in [1.29, 1.82) is 0 Å². The Balaban J connectivity index is 1.45. The lowest BCUT2D eigenvalue weighted by Crippen LogP contribution is -3.11. The average molecular weight is 303 g/mol. The lowest BCUT2D eigenvalue weighted by Gasteiger charge is -2.29. The molecule has 0 unspecified atom stereocenters. The maximum Gasteiger partial charge on any atom is 0.223 e. The van der Waals surface area contributed by atoms with Crippen molar-refractivity contribution in [2.45, 2.75) is 51.1 Å². The van der Waals surface area contributed by atoms with Crippen LogP contribution in [0.25, 0.3) is 0 Å². The van der Waals surface area contributed by atoms with Crippen LogP contribution < -0.4 is 10.2 Å². The second-order valence-electron chi connectivity index (χ2n) is 6.82. The second kappa shape index (κ2) is 7.14. The number of phenolic OH excluding ortho intramolecular Hbond substituents is 1. The molecule has 2 fully saturated rings. The summed E-state index contributed by atoms with van der Waals surface area (Å²) >= 11 is 0. The molecule has 0 spiro atoms. The van der Waals surface area contributed by atoms with Gasteiger partial charge in [0.05, 0.1) is 13.1 Å². The summed E-state index contributed by atoms with van der Waals surface area (Å²) in [5, 5.41) is 13.1. The van der Waals surface area contributed by atoms with Gasteiger partial charge in [0, 0.05) is 30.4 Å². The van der Waals surface area contributed by atoms with Crippen LogP contribution in [0.4, 0.5) is 0 Å². The smallest absolute Gasteiger partial charge is 0.223 e. The first-order chi connectivity index (χ1) is 10.7. The van der Waals surface area contributed by atoms with Gasteiger partial charge in [-0.05, 0) is 25.0 Å². The van der Waals surface area contributed by atoms with Crippen LogP contribution in [-0.2, 0) is 11.3 Å². The fraction of sp³-hybridized carbons (Fsp3) is 0.611. The molecule has 0 bridgehead atoms. The number of hydrogen-bond donors (Lipinski definition) is 3. The lowest BCUT2D eigenvalue weighted by molar-refractivity contribution is -0.919. The summed E-state index contributed by atoms with van der Waals surface area (Å²) in [6, 6.07) is 7.99. The van der Waals surface area contributed by atoms with E-state index >= 15 is 0 Å². The fourth-order valence-corrected chi connectivity index (χ4v) is 3.78. The molecule has 1 heterocycles. The highest BCUT2D eigenvalue weighted by Gasteiger charge is 2.29. The Kier molecular flexibility index (Phi) is 4.98. The van der Waals surface area contributed by atoms with Gasteiger partial charge in [-0.1, -0.05) is 25.0 Å². The SMILES string of the molecule is O=C(NC1CCCC1)C1CC[NH+](Cc2ccccc2O)CC1. The summed E-state index contributed by atoms with van der Waals surface area (Å²) < 4.78 is 0. The van der Waals surface area contributed by atoms with Crippen LogP contribution >= 0.6 is 0 Å². The van der Waals surface area contributed by atoms with Gasteiger partial charge in [0.2, 0.25) is 5.91 Å². The van der Waals surface area contributed by atoms with E-state index in [1.54, 1.807) is 6.07 Å². The molecule has 22 heavy (non-hydrogen) atoms. The molecule has 4 heteroatoms. The number of carbonyl (C=O) groups is 1. The maximum absolute atomic E-state index is 12.3. The van der Waals surface area contributed by atoms with Crippen molar-refractivity contribution in [2.24, 2.45) is 5.92 Å². The lowest BCUT2D eigenvalue weighted by atomic mass is 9.95. The fourth-order valence-electron chi connectivity index (χ4n) is 3.78. The van der Waals surface area contributed by atoms with Gasteiger partial charge in [-0.3, -0.25) is 4.79 Å². The minimum atomic E-state index is 0.189. The quantitative estimate of drug-likeness (QED) is 0.784. The summed E-state index contributed by atoms with van der Waals surface area (Å²) in [5.74, 6) is 0.846. The topological polar surface area (TPSA) is 53.8 Å². The number of nitrogens with one attached hydrogen (secondary N) is 2. The maximum atomic E-state index is 12.3. The number of amides is 1. The van der Waals surface area contributed by atoms with E-state index in [2.05, 4.69) is 5.32 Å². The third-order valence-corrected chi connectivity index (χ3v) is 5.20. The Morgan fingerprint density at radius 1 is 1.14 bits per heavy atom. The summed E-state index contributed by atoms with van der Waals surface area (Å²) in [6.07, 6.45) is 6.75. The van der Waals surface area contributed by atoms with Crippen LogP contribution in [0.5, 0.6) is 5.75 Å². The minimum Gasteiger partial charge on any atom is -0.507 e. The average Bonchev–Trinajstić information content (AvgIpc) is 3.03. The van der Waals surface area contributed by atoms with Crippen LogP contribution in [0.15, 0.2) is 24.3 Å². The van der Waals surface area contributed by atoms with E-state index in [0.29, 0.717) is 11.8 Å². The van der Waals surface area contributed by atoms with Gasteiger partial charge in [0.1, 0.15) is 12.3 Å². The van der Waals surface area contributed by atoms with E-state index < -0.39 is 0 Å². The van der Waals surface area contributed by atoms with Gasteiger partial charge >= 0.3 is 0 Å². The zero-order chi connectivity index (χ0) is 15.4. The Hall–Kier alpha value is -1.55. The van der Waals surface area contributed by atoms with Crippen molar-refractivity contribution >= 4 is 5.91 Å². The predicted molar refractivity (Wildman–Crippen MR) is 85.6 cm³/mol. The van der Waals surface area contributed by atoms with Crippen LogP contribution in [0, 0.1) is 5.92 Å². The van der Waals surface area contributed by atoms with Gasteiger partial charge < -0.3 is 15.3 Å². The van der Waals surface area contributed by atoms with Crippen LogP contribution in [-0.4, -0.2) is 30.1 Å². The first-order valence-corrected chi connectivity index (χ1v) is 8.63. The molecule has 3 rings (SSSR count). The number of hydrogen-bond acceptors (Lipinski definition) is 2. The van der Waals surface area contributed by atoms with E-state index in [1.165, 1.54) is 17.7 Å². The predicted octanol–water partition coefficient (Wildman–Crippen LogP) is 1.25. The number of likely N-dealkylation sites (tertiary alicyclic amines) is 1. The van der Waals surface area contributed by atoms with Crippen molar-refractivity contribution in [3.05, 3.63) is 29.8 Å². The third-order valence-electron chi connectivity index (χ3n) is 5.20. The number of benzene rings is 1. The molecule has 1 amide bonds. The summed E-state index contributed by atoms with van der Waals surface area (Å²) in [7, 11) is 0. The van der Waals surface area contributed by atoms with E-state index in [1.807, 2.05) is 18.2 Å². The Morgan fingerprint density at radius 3 is 2.50 bits per heavy atom. The monoisotopic (exact) mass is 303 g/mol. The molecule has 4 nitrogen and oxygen atoms in total. The van der Waals surface area contributed by atoms with Crippen molar-refractivity contribution in [3.8, 4) is 5.75 Å². The first kappa shape index (κ1) is 15.3. The normalized spacial score (nSPS) is 26.0. The van der Waals surface area contributed by atoms with Gasteiger partial charge in [-0.15, -0.1) is 0 Å². The summed E-state index contributed by atoms with van der Waals surface area (Å²) in [6.45, 7) is 2.87. The number of rotatable bonds is 4. The van der Waals surface area contributed by atoms with Crippen molar-refractivity contribution in [1.82, 2.24) is 5.32 Å². The zero-order valence-corrected chi connectivity index (χ0v) is 13.2. The van der Waals surface area contributed by atoms with Crippen LogP contribution in [0.3, 0.4) is 0 Å². The van der Waals surface area contributed by atoms with Gasteiger partial charge in [-0.25, -0.2) is 0 Å². The zero-order valence-electron chi connectivity index (χ0n) is 13.2. The molecule has 3 N–H and O–H groups in total. The molecule has 1 aromatic rings. The highest BCUT2D eigenvalue weighted by molar-refractivity contribution is 5.79. The first-order valence-electron chi connectivity index (χ1n) is 8.63. The molecule has 1 aliphatic carbocycles. The van der Waals surface area contributed by atoms with E-state index in [9.17, 15) is 9.90 Å². The number of piperidine rings is 1. The van der Waals surface area contributed by atoms with E-state index in [-0.39, 0.29) is 11.8 Å². The molecule has 1 saturated heterocycles. The molecule has 1 aliphatic heterocycles. The molecule has 1 saturated carbocycles. The highest BCUT2D eigenvalue weighted by atomic mass is 16.3. The van der Waals surface area contributed by atoms with Crippen molar-refractivity contribution in [2.75, 3.05) is 13.1 Å². The largest absolute Gasteiger partial charge is 0.507 e. The second-order valence-corrected chi connectivity index (χ2v) is 6.82. The Labute approximate surface area is 132 Å². The van der Waals surface area contributed by atoms with Gasteiger partial charge in [0.15, 0.2) is 0 Å². The molecule has 0 atom stereocenters. The highest BCUT2D eigenvalue weighted by Crippen LogP contribution is 2.19. The van der Waals surface area contributed by atoms with Gasteiger partial charge in [0.25, 0.3) is 0 Å². The number of carbonyl (C=O) groups excluding carboxylic acids is 1. The number of phenols is 1. The standard InChI is InChI=1S/C18H26N2O2/c21-17-8-4-1-5-15(17)13-20-11-9-14(10-12-20)18(22)19-16-6-2-3-7-16/h1,4-5,8,14,16,21H,2-3,6-7,9-13H2,(H,19,22)/p+1. The van der Waals surface area contributed by atoms with E-state index in [4.69, 9.17) is 0 Å². The molecule has 0 aromatic heterocycles. The minimum absolute atomic E-state index is 0.189.